The second-order valence-electron chi connectivity index (χ2n) is 6.23. The van der Waals surface area contributed by atoms with Crippen molar-refractivity contribution in [2.24, 2.45) is 0 Å². The average molecular weight is 512 g/mol. The predicted molar refractivity (Wildman–Crippen MR) is 105 cm³/mol. The molecular formula is C13H27N2O13P3. The number of phosphoric ester groups is 1. The van der Waals surface area contributed by atoms with Crippen molar-refractivity contribution in [2.75, 3.05) is 19.7 Å². The van der Waals surface area contributed by atoms with Gasteiger partial charge in [-0.15, -0.1) is 0 Å². The molecule has 2 amide bonds. The van der Waals surface area contributed by atoms with Crippen LogP contribution in [0.2, 0.25) is 0 Å². The van der Waals surface area contributed by atoms with Gasteiger partial charge in [-0.3, -0.25) is 23.2 Å². The van der Waals surface area contributed by atoms with Crippen LogP contribution in [-0.4, -0.2) is 71.1 Å². The van der Waals surface area contributed by atoms with Crippen LogP contribution in [-0.2, 0) is 27.8 Å². The van der Waals surface area contributed by atoms with Crippen molar-refractivity contribution in [3.63, 3.8) is 0 Å². The van der Waals surface area contributed by atoms with Crippen molar-refractivity contribution < 1.29 is 62.3 Å². The fourth-order valence-electron chi connectivity index (χ4n) is 2.07. The third-order valence-electron chi connectivity index (χ3n) is 3.65. The fraction of sp³-hybridized carbons (Fsp3) is 0.692. The minimum atomic E-state index is -5.53. The van der Waals surface area contributed by atoms with Crippen molar-refractivity contribution in [2.45, 2.75) is 37.2 Å². The molecule has 31 heavy (non-hydrogen) atoms. The van der Waals surface area contributed by atoms with Crippen molar-refractivity contribution >= 4 is 34.8 Å². The zero-order chi connectivity index (χ0) is 24.3. The van der Waals surface area contributed by atoms with Crippen LogP contribution in [0.4, 0.5) is 0 Å². The van der Waals surface area contributed by atoms with Crippen LogP contribution in [0.5, 0.6) is 0 Å². The number of nitrogens with one attached hydrogen (secondary N) is 2. The lowest BCUT2D eigenvalue weighted by atomic mass is 10.2. The summed E-state index contributed by atoms with van der Waals surface area (Å²) in [7, 11) is -15.6. The molecule has 0 heterocycles. The molecule has 0 bridgehead atoms. The van der Waals surface area contributed by atoms with Crippen LogP contribution in [0.1, 0.15) is 32.1 Å². The minimum absolute atomic E-state index is 0.0820. The van der Waals surface area contributed by atoms with Crippen LogP contribution in [0, 0.1) is 0 Å². The molecule has 0 saturated heterocycles. The zero-order valence-electron chi connectivity index (χ0n) is 16.2. The van der Waals surface area contributed by atoms with E-state index in [1.807, 2.05) is 0 Å². The maximum atomic E-state index is 11.6. The first-order valence-electron chi connectivity index (χ1n) is 8.74. The summed E-state index contributed by atoms with van der Waals surface area (Å²) < 4.78 is 36.9. The van der Waals surface area contributed by atoms with Gasteiger partial charge in [0.1, 0.15) is 0 Å². The number of allylic oxidation sites excluding steroid dienone is 1. The number of hydrogen-bond acceptors (Lipinski definition) is 7. The maximum Gasteiger partial charge on any atom is 0.469 e. The first-order valence-corrected chi connectivity index (χ1v) is 13.5. The Morgan fingerprint density at radius 1 is 0.903 bits per heavy atom. The van der Waals surface area contributed by atoms with Crippen LogP contribution < -0.4 is 10.6 Å². The van der Waals surface area contributed by atoms with Crippen LogP contribution in [0.25, 0.3) is 0 Å². The maximum absolute atomic E-state index is 11.6. The summed E-state index contributed by atoms with van der Waals surface area (Å²) in [6.45, 7) is -0.651. The van der Waals surface area contributed by atoms with E-state index in [0.29, 0.717) is 12.8 Å². The molecule has 0 aromatic carbocycles. The monoisotopic (exact) mass is 512 g/mol. The summed E-state index contributed by atoms with van der Waals surface area (Å²) >= 11 is 0. The first-order chi connectivity index (χ1) is 14.0. The summed E-state index contributed by atoms with van der Waals surface area (Å²) in [5.74, 6) is -0.982. The van der Waals surface area contributed by atoms with E-state index in [2.05, 4.69) is 15.2 Å². The molecule has 0 fully saturated rings. The third-order valence-corrected chi connectivity index (χ3v) is 8.04. The number of phosphoric acid groups is 1. The molecular weight excluding hydrogens is 485 g/mol. The Bertz CT molecular complexity index is 747. The summed E-state index contributed by atoms with van der Waals surface area (Å²) in [5, 5.41) is 10.8. The SMILES string of the molecule is O=C(/C=C/CCCC(=O)NCCOP(=O)(O)O)NCCCC(O)(P(=O)(O)O)P(=O)(O)O. The normalized spacial score (nSPS) is 13.4. The van der Waals surface area contributed by atoms with Gasteiger partial charge >= 0.3 is 23.0 Å². The average Bonchev–Trinajstić information content (AvgIpc) is 2.59. The number of rotatable bonds is 15. The lowest BCUT2D eigenvalue weighted by Crippen LogP contribution is -2.31. The molecule has 0 radical (unpaired) electrons. The van der Waals surface area contributed by atoms with Gasteiger partial charge in [0.25, 0.3) is 5.08 Å². The van der Waals surface area contributed by atoms with Gasteiger partial charge < -0.3 is 45.1 Å². The highest BCUT2D eigenvalue weighted by molar-refractivity contribution is 7.72. The molecule has 18 heteroatoms. The van der Waals surface area contributed by atoms with E-state index in [-0.39, 0.29) is 38.4 Å². The quantitative estimate of drug-likeness (QED) is 0.0713. The van der Waals surface area contributed by atoms with Crippen molar-refractivity contribution in [3.05, 3.63) is 12.2 Å². The zero-order valence-corrected chi connectivity index (χ0v) is 18.9. The molecule has 15 nitrogen and oxygen atoms in total. The van der Waals surface area contributed by atoms with E-state index in [0.717, 1.165) is 6.08 Å². The smallest absolute Gasteiger partial charge is 0.368 e. The van der Waals surface area contributed by atoms with Crippen molar-refractivity contribution in [3.8, 4) is 0 Å². The second kappa shape index (κ2) is 12.9. The van der Waals surface area contributed by atoms with Gasteiger partial charge in [0.05, 0.1) is 6.61 Å². The van der Waals surface area contributed by atoms with Gasteiger partial charge in [-0.1, -0.05) is 6.08 Å². The standard InChI is InChI=1S/C13H27N2O13P3/c16-11(14-8-4-7-13(18,29(19,20)21)30(22,23)24)5-2-1-3-6-12(17)15-9-10-28-31(25,26)27/h2,5,18H,1,3-4,6-10H2,(H,14,16)(H,15,17)(H2,19,20,21)(H2,22,23,24)(H2,25,26,27)/b5-2+. The first kappa shape index (κ1) is 30.0. The topological polar surface area (TPSA) is 260 Å². The van der Waals surface area contributed by atoms with Crippen LogP contribution in [0.15, 0.2) is 12.2 Å². The van der Waals surface area contributed by atoms with E-state index in [9.17, 15) is 28.4 Å². The highest BCUT2D eigenvalue weighted by atomic mass is 31.2. The summed E-state index contributed by atoms with van der Waals surface area (Å²) in [4.78, 5) is 75.9. The van der Waals surface area contributed by atoms with Crippen LogP contribution >= 0.6 is 23.0 Å². The Morgan fingerprint density at radius 2 is 1.48 bits per heavy atom. The van der Waals surface area contributed by atoms with Gasteiger partial charge in [-0.25, -0.2) is 4.57 Å². The second-order valence-corrected chi connectivity index (χ2v) is 11.5. The van der Waals surface area contributed by atoms with E-state index >= 15 is 0 Å². The predicted octanol–water partition coefficient (Wildman–Crippen LogP) is -1.16. The van der Waals surface area contributed by atoms with E-state index in [1.54, 1.807) is 0 Å². The molecule has 0 aliphatic rings. The summed E-state index contributed by atoms with van der Waals surface area (Å²) in [6, 6.07) is 0. The lowest BCUT2D eigenvalue weighted by molar-refractivity contribution is -0.121. The molecule has 0 atom stereocenters. The number of aliphatic hydroxyl groups is 1. The van der Waals surface area contributed by atoms with Crippen LogP contribution in [0.3, 0.4) is 0 Å². The number of carbonyl (C=O) groups excluding carboxylic acids is 2. The molecule has 0 aliphatic carbocycles. The molecule has 0 rings (SSSR count). The Labute approximate surface area is 177 Å². The Kier molecular flexibility index (Phi) is 12.5. The molecule has 0 spiro atoms. The number of unbranched alkanes of at least 4 members (excludes halogenated alkanes) is 1. The largest absolute Gasteiger partial charge is 0.469 e. The van der Waals surface area contributed by atoms with Gasteiger partial charge in [-0.05, 0) is 25.3 Å². The number of amides is 2. The number of carbonyl (C=O) groups is 2. The highest BCUT2D eigenvalue weighted by Crippen LogP contribution is 2.69. The summed E-state index contributed by atoms with van der Waals surface area (Å²) in [5.41, 5.74) is 0. The van der Waals surface area contributed by atoms with Gasteiger partial charge in [0.15, 0.2) is 0 Å². The van der Waals surface area contributed by atoms with Gasteiger partial charge in [0, 0.05) is 25.9 Å². The number of hydrogen-bond donors (Lipinski definition) is 9. The molecule has 182 valence electrons. The Hall–Kier alpha value is -0.950. The Morgan fingerprint density at radius 3 is 2.00 bits per heavy atom. The molecule has 0 aromatic rings. The molecule has 0 saturated carbocycles. The molecule has 0 unspecified atom stereocenters. The fourth-order valence-corrected chi connectivity index (χ4v) is 4.66. The van der Waals surface area contributed by atoms with Crippen molar-refractivity contribution in [1.29, 1.82) is 0 Å². The van der Waals surface area contributed by atoms with Gasteiger partial charge in [-0.2, -0.15) is 0 Å². The minimum Gasteiger partial charge on any atom is -0.368 e. The molecule has 0 aromatic heterocycles. The lowest BCUT2D eigenvalue weighted by Gasteiger charge is -2.29. The van der Waals surface area contributed by atoms with Gasteiger partial charge in [0.2, 0.25) is 11.8 Å². The highest BCUT2D eigenvalue weighted by Gasteiger charge is 2.58. The van der Waals surface area contributed by atoms with E-state index in [1.165, 1.54) is 6.08 Å². The van der Waals surface area contributed by atoms with Crippen molar-refractivity contribution in [1.82, 2.24) is 10.6 Å². The Balaban J connectivity index is 4.09. The molecule has 0 aliphatic heterocycles. The summed E-state index contributed by atoms with van der Waals surface area (Å²) in [6.07, 6.45) is 2.11. The third kappa shape index (κ3) is 12.6. The molecule has 9 N–H and O–H groups in total. The van der Waals surface area contributed by atoms with E-state index in [4.69, 9.17) is 29.4 Å². The van der Waals surface area contributed by atoms with E-state index < -0.39 is 40.4 Å².